The van der Waals surface area contributed by atoms with E-state index in [1.807, 2.05) is 12.1 Å². The van der Waals surface area contributed by atoms with Crippen molar-refractivity contribution in [2.45, 2.75) is 58.1 Å². The van der Waals surface area contributed by atoms with Gasteiger partial charge in [-0.2, -0.15) is 0 Å². The molecular weight excluding hydrogens is 493 g/mol. The van der Waals surface area contributed by atoms with Gasteiger partial charge in [0.1, 0.15) is 0 Å². The van der Waals surface area contributed by atoms with Crippen LogP contribution in [0.25, 0.3) is 0 Å². The van der Waals surface area contributed by atoms with Crippen molar-refractivity contribution in [1.29, 1.82) is 0 Å². The molecule has 7 heteroatoms. The molecule has 6 nitrogen and oxygen atoms in total. The van der Waals surface area contributed by atoms with Gasteiger partial charge < -0.3 is 24.8 Å². The summed E-state index contributed by atoms with van der Waals surface area (Å²) < 4.78 is 17.3. The molecule has 1 saturated carbocycles. The van der Waals surface area contributed by atoms with Crippen molar-refractivity contribution in [2.75, 3.05) is 33.4 Å². The van der Waals surface area contributed by atoms with Gasteiger partial charge in [0.05, 0.1) is 33.0 Å². The summed E-state index contributed by atoms with van der Waals surface area (Å²) in [5, 5.41) is 6.78. The number of para-hydroxylation sites is 1. The molecule has 0 aromatic heterocycles. The Kier molecular flexibility index (Phi) is 11.4. The highest BCUT2D eigenvalue weighted by molar-refractivity contribution is 14.0. The Morgan fingerprint density at radius 1 is 1.23 bits per heavy atom. The fraction of sp³-hybridized carbons (Fsp3) is 0.609. The molecule has 1 aliphatic heterocycles. The van der Waals surface area contributed by atoms with E-state index in [4.69, 9.17) is 19.2 Å². The maximum Gasteiger partial charge on any atom is 0.191 e. The molecule has 0 atom stereocenters. The number of nitrogens with one attached hydrogen (secondary N) is 2. The minimum absolute atomic E-state index is 0. The first-order chi connectivity index (χ1) is 14.3. The van der Waals surface area contributed by atoms with Gasteiger partial charge in [0.25, 0.3) is 0 Å². The lowest BCUT2D eigenvalue weighted by molar-refractivity contribution is 0.153. The second-order valence-corrected chi connectivity index (χ2v) is 7.53. The molecule has 0 saturated heterocycles. The maximum absolute atomic E-state index is 6.33. The highest BCUT2D eigenvalue weighted by Crippen LogP contribution is 2.35. The van der Waals surface area contributed by atoms with Gasteiger partial charge >= 0.3 is 0 Å². The van der Waals surface area contributed by atoms with Crippen molar-refractivity contribution in [3.8, 4) is 11.5 Å². The van der Waals surface area contributed by atoms with Crippen molar-refractivity contribution in [3.05, 3.63) is 35.4 Å². The second-order valence-electron chi connectivity index (χ2n) is 7.53. The monoisotopic (exact) mass is 529 g/mol. The normalized spacial score (nSPS) is 17.1. The van der Waals surface area contributed by atoms with Crippen LogP contribution in [0.4, 0.5) is 0 Å². The molecule has 0 amide bonds. The number of methoxy groups -OCH3 is 1. The van der Waals surface area contributed by atoms with Crippen LogP contribution in [-0.4, -0.2) is 45.5 Å². The zero-order valence-corrected chi connectivity index (χ0v) is 20.6. The number of aliphatic imine (C=N–C) groups is 1. The molecule has 1 heterocycles. The van der Waals surface area contributed by atoms with E-state index >= 15 is 0 Å². The van der Waals surface area contributed by atoms with Crippen LogP contribution in [0.15, 0.2) is 34.8 Å². The molecule has 30 heavy (non-hydrogen) atoms. The third-order valence-electron chi connectivity index (χ3n) is 5.41. The van der Waals surface area contributed by atoms with E-state index in [0.29, 0.717) is 6.54 Å². The van der Waals surface area contributed by atoms with Crippen molar-refractivity contribution < 1.29 is 14.2 Å². The highest BCUT2D eigenvalue weighted by Gasteiger charge is 2.20. The number of benzene rings is 1. The Morgan fingerprint density at radius 3 is 2.77 bits per heavy atom. The molecule has 0 spiro atoms. The molecule has 1 aliphatic carbocycles. The van der Waals surface area contributed by atoms with Crippen molar-refractivity contribution in [1.82, 2.24) is 10.6 Å². The number of halogens is 1. The van der Waals surface area contributed by atoms with E-state index < -0.39 is 0 Å². The van der Waals surface area contributed by atoms with Gasteiger partial charge in [0.2, 0.25) is 0 Å². The van der Waals surface area contributed by atoms with Gasteiger partial charge in [-0.15, -0.1) is 24.0 Å². The van der Waals surface area contributed by atoms with Gasteiger partial charge in [-0.1, -0.05) is 23.8 Å². The van der Waals surface area contributed by atoms with Crippen LogP contribution in [0.1, 0.15) is 51.0 Å². The Morgan fingerprint density at radius 2 is 2.07 bits per heavy atom. The van der Waals surface area contributed by atoms with Gasteiger partial charge in [0.15, 0.2) is 17.5 Å². The number of guanidine groups is 1. The standard InChI is InChI=1S/C23H35N3O3.HI/c1-3-24-23(25-14-11-18-12-15-28-16-13-18)26-17-19-7-6-10-21(27-2)22(19)29-20-8-4-5-9-20;/h6-7,10,12,20H,3-5,8-9,11,13-17H2,1-2H3,(H2,24,25,26);1H. The molecule has 0 bridgehead atoms. The zero-order valence-electron chi connectivity index (χ0n) is 18.2. The first-order valence-electron chi connectivity index (χ1n) is 10.9. The van der Waals surface area contributed by atoms with Crippen LogP contribution in [0, 0.1) is 0 Å². The van der Waals surface area contributed by atoms with E-state index in [-0.39, 0.29) is 30.1 Å². The van der Waals surface area contributed by atoms with Gasteiger partial charge in [-0.3, -0.25) is 0 Å². The quantitative estimate of drug-likeness (QED) is 0.215. The molecule has 0 unspecified atom stereocenters. The molecule has 168 valence electrons. The third-order valence-corrected chi connectivity index (χ3v) is 5.41. The fourth-order valence-electron chi connectivity index (χ4n) is 3.79. The topological polar surface area (TPSA) is 64.1 Å². The molecule has 1 aromatic rings. The summed E-state index contributed by atoms with van der Waals surface area (Å²) in [4.78, 5) is 4.79. The molecule has 2 aliphatic rings. The predicted molar refractivity (Wildman–Crippen MR) is 132 cm³/mol. The SMILES string of the molecule is CCNC(=NCc1cccc(OC)c1OC1CCCC1)NCCC1=CCOCC1.I. The Balaban J connectivity index is 0.00000320. The van der Waals surface area contributed by atoms with Crippen LogP contribution in [0.5, 0.6) is 11.5 Å². The fourth-order valence-corrected chi connectivity index (χ4v) is 3.79. The summed E-state index contributed by atoms with van der Waals surface area (Å²) in [5.41, 5.74) is 2.51. The van der Waals surface area contributed by atoms with Crippen LogP contribution in [-0.2, 0) is 11.3 Å². The Labute approximate surface area is 197 Å². The minimum Gasteiger partial charge on any atom is -0.493 e. The summed E-state index contributed by atoms with van der Waals surface area (Å²) in [5.74, 6) is 2.46. The van der Waals surface area contributed by atoms with E-state index in [0.717, 1.165) is 75.0 Å². The highest BCUT2D eigenvalue weighted by atomic mass is 127. The zero-order chi connectivity index (χ0) is 20.3. The molecule has 3 rings (SSSR count). The van der Waals surface area contributed by atoms with Gasteiger partial charge in [0, 0.05) is 18.7 Å². The summed E-state index contributed by atoms with van der Waals surface area (Å²) in [7, 11) is 1.69. The summed E-state index contributed by atoms with van der Waals surface area (Å²) in [6.07, 6.45) is 9.24. The third kappa shape index (κ3) is 7.65. The summed E-state index contributed by atoms with van der Waals surface area (Å²) in [6, 6.07) is 6.04. The van der Waals surface area contributed by atoms with E-state index in [1.54, 1.807) is 7.11 Å². The van der Waals surface area contributed by atoms with Crippen LogP contribution in [0.2, 0.25) is 0 Å². The van der Waals surface area contributed by atoms with E-state index in [9.17, 15) is 0 Å². The van der Waals surface area contributed by atoms with Gasteiger partial charge in [-0.25, -0.2) is 4.99 Å². The number of hydrogen-bond acceptors (Lipinski definition) is 4. The molecule has 0 radical (unpaired) electrons. The number of nitrogens with zero attached hydrogens (tertiary/aromatic N) is 1. The molecular formula is C23H36IN3O3. The van der Waals surface area contributed by atoms with E-state index in [2.05, 4.69) is 29.7 Å². The van der Waals surface area contributed by atoms with Crippen LogP contribution >= 0.6 is 24.0 Å². The van der Waals surface area contributed by atoms with Crippen LogP contribution in [0.3, 0.4) is 0 Å². The molecule has 1 fully saturated rings. The first-order valence-corrected chi connectivity index (χ1v) is 10.9. The Hall–Kier alpha value is -1.48. The van der Waals surface area contributed by atoms with Gasteiger partial charge in [-0.05, 0) is 51.5 Å². The van der Waals surface area contributed by atoms with Crippen molar-refractivity contribution in [3.63, 3.8) is 0 Å². The molecule has 1 aromatic carbocycles. The lowest BCUT2D eigenvalue weighted by Crippen LogP contribution is -2.38. The minimum atomic E-state index is 0. The van der Waals surface area contributed by atoms with Crippen LogP contribution < -0.4 is 20.1 Å². The summed E-state index contributed by atoms with van der Waals surface area (Å²) in [6.45, 7) is 5.89. The number of hydrogen-bond donors (Lipinski definition) is 2. The smallest absolute Gasteiger partial charge is 0.191 e. The number of rotatable bonds is 9. The summed E-state index contributed by atoms with van der Waals surface area (Å²) >= 11 is 0. The Bertz CT molecular complexity index is 703. The lowest BCUT2D eigenvalue weighted by atomic mass is 10.1. The molecule has 2 N–H and O–H groups in total. The largest absolute Gasteiger partial charge is 0.493 e. The van der Waals surface area contributed by atoms with Crippen molar-refractivity contribution in [2.24, 2.45) is 4.99 Å². The van der Waals surface area contributed by atoms with Crippen molar-refractivity contribution >= 4 is 29.9 Å². The predicted octanol–water partition coefficient (Wildman–Crippen LogP) is 4.43. The first kappa shape index (κ1) is 24.8. The van der Waals surface area contributed by atoms with E-state index in [1.165, 1.54) is 18.4 Å². The maximum atomic E-state index is 6.33. The average Bonchev–Trinajstić information content (AvgIpc) is 3.26. The number of ether oxygens (including phenoxy) is 3. The average molecular weight is 529 g/mol. The second kappa shape index (κ2) is 13.7. The lowest BCUT2D eigenvalue weighted by Gasteiger charge is -2.19.